The predicted octanol–water partition coefficient (Wildman–Crippen LogP) is 3.23. The normalized spacial score (nSPS) is 14.9. The minimum Gasteiger partial charge on any atom is -0.433 e. The Morgan fingerprint density at radius 2 is 1.29 bits per heavy atom. The van der Waals surface area contributed by atoms with Crippen LogP contribution in [0.4, 0.5) is 35.1 Å². The molecule has 0 fully saturated rings. The van der Waals surface area contributed by atoms with Crippen LogP contribution in [-0.4, -0.2) is 18.2 Å². The largest absolute Gasteiger partial charge is 0.473 e. The zero-order chi connectivity index (χ0) is 11.6. The van der Waals surface area contributed by atoms with Crippen LogP contribution in [0.2, 0.25) is 0 Å². The topological polar surface area (TPSA) is 9.23 Å². The van der Waals surface area contributed by atoms with Gasteiger partial charge >= 0.3 is 18.2 Å². The van der Waals surface area contributed by atoms with Crippen LogP contribution in [0.15, 0.2) is 12.6 Å². The van der Waals surface area contributed by atoms with Crippen LogP contribution in [0, 0.1) is 0 Å². The molecule has 0 aliphatic carbocycles. The second-order valence-electron chi connectivity index (χ2n) is 1.97. The predicted molar refractivity (Wildman–Crippen MR) is 27.3 cm³/mol. The third-order valence-corrected chi connectivity index (χ3v) is 0.989. The highest BCUT2D eigenvalue weighted by Gasteiger charge is 2.75. The monoisotopic (exact) mass is 230 g/mol. The number of alkyl halides is 7. The smallest absolute Gasteiger partial charge is 0.433 e. The van der Waals surface area contributed by atoms with Gasteiger partial charge in [0, 0.05) is 0 Å². The average molecular weight is 230 g/mol. The van der Waals surface area contributed by atoms with Crippen molar-refractivity contribution in [2.24, 2.45) is 0 Å². The number of halogens is 8. The van der Waals surface area contributed by atoms with Gasteiger partial charge in [0.25, 0.3) is 0 Å². The summed E-state index contributed by atoms with van der Waals surface area (Å²) in [5, 5.41) is 0. The molecule has 0 N–H and O–H groups in total. The maximum Gasteiger partial charge on any atom is 0.473 e. The number of hydrogen-bond donors (Lipinski definition) is 0. The van der Waals surface area contributed by atoms with E-state index in [0.29, 0.717) is 0 Å². The van der Waals surface area contributed by atoms with Crippen molar-refractivity contribution in [1.29, 1.82) is 0 Å². The molecule has 0 atom stereocenters. The summed E-state index contributed by atoms with van der Waals surface area (Å²) >= 11 is 0. The fraction of sp³-hybridized carbons (Fsp3) is 0.600. The van der Waals surface area contributed by atoms with E-state index in [4.69, 9.17) is 0 Å². The van der Waals surface area contributed by atoms with Crippen LogP contribution in [0.1, 0.15) is 0 Å². The Bertz CT molecular complexity index is 216. The first-order valence-corrected chi connectivity index (χ1v) is 2.81. The molecule has 0 aromatic carbocycles. The fourth-order valence-electron chi connectivity index (χ4n) is 0.350. The molecule has 0 aromatic heterocycles. The highest BCUT2D eigenvalue weighted by molar-refractivity contribution is 4.86. The van der Waals surface area contributed by atoms with Gasteiger partial charge in [0.05, 0.1) is 0 Å². The van der Waals surface area contributed by atoms with E-state index in [2.05, 4.69) is 4.74 Å². The van der Waals surface area contributed by atoms with Gasteiger partial charge in [0.2, 0.25) is 0 Å². The van der Waals surface area contributed by atoms with Crippen molar-refractivity contribution in [1.82, 2.24) is 0 Å². The molecule has 0 aliphatic heterocycles. The highest BCUT2D eigenvalue weighted by Crippen LogP contribution is 2.46. The van der Waals surface area contributed by atoms with Gasteiger partial charge in [-0.15, -0.1) is 0 Å². The molecule has 0 heterocycles. The van der Waals surface area contributed by atoms with E-state index in [1.54, 1.807) is 0 Å². The summed E-state index contributed by atoms with van der Waals surface area (Å²) in [5.74, 6) is -6.39. The maximum absolute atomic E-state index is 12.0. The van der Waals surface area contributed by atoms with Gasteiger partial charge in [0.1, 0.15) is 12.6 Å². The molecule has 84 valence electrons. The van der Waals surface area contributed by atoms with Crippen LogP contribution in [0.25, 0.3) is 0 Å². The van der Waals surface area contributed by atoms with Gasteiger partial charge in [-0.3, -0.25) is 0 Å². The molecular formula is C5H2F8O. The maximum atomic E-state index is 12.0. The van der Waals surface area contributed by atoms with Crippen molar-refractivity contribution in [2.75, 3.05) is 0 Å². The lowest BCUT2D eigenvalue weighted by Gasteiger charge is -2.26. The van der Waals surface area contributed by atoms with Crippen LogP contribution in [-0.2, 0) is 4.74 Å². The summed E-state index contributed by atoms with van der Waals surface area (Å²) in [6, 6.07) is 0. The van der Waals surface area contributed by atoms with Crippen molar-refractivity contribution < 1.29 is 39.9 Å². The Labute approximate surface area is 71.9 Å². The van der Waals surface area contributed by atoms with Gasteiger partial charge in [-0.2, -0.15) is 30.7 Å². The number of rotatable bonds is 3. The quantitative estimate of drug-likeness (QED) is 0.534. The zero-order valence-electron chi connectivity index (χ0n) is 6.09. The second kappa shape index (κ2) is 3.62. The summed E-state index contributed by atoms with van der Waals surface area (Å²) in [6.45, 7) is 0. The van der Waals surface area contributed by atoms with Crippen LogP contribution < -0.4 is 0 Å². The Hall–Kier alpha value is -1.02. The van der Waals surface area contributed by atoms with Gasteiger partial charge in [0.15, 0.2) is 0 Å². The molecule has 0 rings (SSSR count). The van der Waals surface area contributed by atoms with E-state index >= 15 is 0 Å². The molecule has 0 spiro atoms. The van der Waals surface area contributed by atoms with Gasteiger partial charge in [-0.05, 0) is 0 Å². The Kier molecular flexibility index (Phi) is 3.35. The molecule has 0 radical (unpaired) electrons. The van der Waals surface area contributed by atoms with E-state index in [1.807, 2.05) is 0 Å². The first kappa shape index (κ1) is 13.0. The van der Waals surface area contributed by atoms with E-state index in [1.165, 1.54) is 0 Å². The lowest BCUT2D eigenvalue weighted by atomic mass is 10.3. The minimum atomic E-state index is -6.49. The van der Waals surface area contributed by atoms with Gasteiger partial charge < -0.3 is 4.74 Å². The summed E-state index contributed by atoms with van der Waals surface area (Å²) in [5.41, 5.74) is 0. The molecule has 9 heteroatoms. The van der Waals surface area contributed by atoms with E-state index in [0.717, 1.165) is 0 Å². The van der Waals surface area contributed by atoms with E-state index in [9.17, 15) is 35.1 Å². The molecule has 0 aromatic rings. The average Bonchev–Trinajstić information content (AvgIpc) is 1.98. The van der Waals surface area contributed by atoms with Crippen molar-refractivity contribution in [3.63, 3.8) is 0 Å². The third kappa shape index (κ3) is 2.26. The first-order chi connectivity index (χ1) is 6.06. The zero-order valence-corrected chi connectivity index (χ0v) is 6.09. The minimum absolute atomic E-state index is 0.611. The summed E-state index contributed by atoms with van der Waals surface area (Å²) in [7, 11) is 0. The molecule has 0 aliphatic rings. The third-order valence-electron chi connectivity index (χ3n) is 0.989. The van der Waals surface area contributed by atoms with Gasteiger partial charge in [-0.25, -0.2) is 4.39 Å². The Morgan fingerprint density at radius 1 is 0.857 bits per heavy atom. The number of ether oxygens (including phenoxy) is 1. The molecule has 0 saturated heterocycles. The lowest BCUT2D eigenvalue weighted by Crippen LogP contribution is -2.52. The molecule has 14 heavy (non-hydrogen) atoms. The van der Waals surface area contributed by atoms with Crippen LogP contribution in [0.3, 0.4) is 0 Å². The standard InChI is InChI=1S/C5H2F8O/c6-1-2-14-5(12,13)3(7,8)4(9,10)11/h1-2H. The summed E-state index contributed by atoms with van der Waals surface area (Å²) in [6.07, 6.45) is -13.7. The number of hydrogen-bond acceptors (Lipinski definition) is 1. The molecule has 1 nitrogen and oxygen atoms in total. The molecule has 0 bridgehead atoms. The molecule has 0 saturated carbocycles. The lowest BCUT2D eigenvalue weighted by molar-refractivity contribution is -0.413. The highest BCUT2D eigenvalue weighted by atomic mass is 19.4. The second-order valence-corrected chi connectivity index (χ2v) is 1.97. The van der Waals surface area contributed by atoms with Crippen molar-refractivity contribution in [3.8, 4) is 0 Å². The van der Waals surface area contributed by atoms with Crippen molar-refractivity contribution in [3.05, 3.63) is 12.6 Å². The van der Waals surface area contributed by atoms with Gasteiger partial charge in [-0.1, -0.05) is 0 Å². The first-order valence-electron chi connectivity index (χ1n) is 2.81. The molecule has 0 amide bonds. The SMILES string of the molecule is FC=COC(F)(F)C(F)(F)C(F)(F)F. The van der Waals surface area contributed by atoms with Crippen molar-refractivity contribution in [2.45, 2.75) is 18.2 Å². The van der Waals surface area contributed by atoms with E-state index < -0.39 is 30.8 Å². The van der Waals surface area contributed by atoms with E-state index in [-0.39, 0.29) is 0 Å². The Morgan fingerprint density at radius 3 is 1.57 bits per heavy atom. The molecular weight excluding hydrogens is 228 g/mol. The molecule has 0 unspecified atom stereocenters. The van der Waals surface area contributed by atoms with Crippen LogP contribution >= 0.6 is 0 Å². The Balaban J connectivity index is 4.87. The summed E-state index contributed by atoms with van der Waals surface area (Å²) in [4.78, 5) is 0. The van der Waals surface area contributed by atoms with Crippen LogP contribution in [0.5, 0.6) is 0 Å². The van der Waals surface area contributed by atoms with Crippen molar-refractivity contribution >= 4 is 0 Å². The summed E-state index contributed by atoms with van der Waals surface area (Å²) < 4.78 is 95.3. The fourth-order valence-corrected chi connectivity index (χ4v) is 0.350.